The van der Waals surface area contributed by atoms with E-state index in [0.717, 1.165) is 0 Å². The van der Waals surface area contributed by atoms with Crippen molar-refractivity contribution in [1.29, 1.82) is 0 Å². The predicted octanol–water partition coefficient (Wildman–Crippen LogP) is 5.96. The van der Waals surface area contributed by atoms with Crippen LogP contribution >= 0.6 is 0 Å². The zero-order valence-corrected chi connectivity index (χ0v) is 15.4. The summed E-state index contributed by atoms with van der Waals surface area (Å²) in [6.07, 6.45) is 9.10. The van der Waals surface area contributed by atoms with Crippen LogP contribution in [0.5, 0.6) is 0 Å². The molecule has 0 spiro atoms. The van der Waals surface area contributed by atoms with Gasteiger partial charge >= 0.3 is 26.2 Å². The molecular weight excluding hydrogens is 343 g/mol. The molecule has 22 heavy (non-hydrogen) atoms. The van der Waals surface area contributed by atoms with Gasteiger partial charge in [-0.1, -0.05) is 50.2 Å². The third-order valence-corrected chi connectivity index (χ3v) is 3.66. The minimum absolute atomic E-state index is 0. The second-order valence-corrected chi connectivity index (χ2v) is 5.40. The van der Waals surface area contributed by atoms with E-state index in [9.17, 15) is 0 Å². The van der Waals surface area contributed by atoms with Gasteiger partial charge in [0, 0.05) is 0 Å². The van der Waals surface area contributed by atoms with Crippen LogP contribution < -0.4 is 0 Å². The van der Waals surface area contributed by atoms with Gasteiger partial charge in [-0.25, -0.2) is 0 Å². The maximum absolute atomic E-state index is 3.10. The second-order valence-electron chi connectivity index (χ2n) is 5.40. The molecule has 1 heteroatoms. The molecule has 0 radical (unpaired) electrons. The van der Waals surface area contributed by atoms with E-state index in [2.05, 4.69) is 80.6 Å². The Morgan fingerprint density at radius 2 is 1.41 bits per heavy atom. The molecule has 0 nitrogen and oxygen atoms in total. The Bertz CT molecular complexity index is 791. The van der Waals surface area contributed by atoms with E-state index in [1.165, 1.54) is 32.7 Å². The number of allylic oxidation sites excluding steroid dienone is 6. The summed E-state index contributed by atoms with van der Waals surface area (Å²) in [6, 6.07) is 19.3. The van der Waals surface area contributed by atoms with Gasteiger partial charge in [0.15, 0.2) is 0 Å². The van der Waals surface area contributed by atoms with Crippen molar-refractivity contribution < 1.29 is 26.2 Å². The molecule has 0 aromatic heterocycles. The molecule has 106 valence electrons. The van der Waals surface area contributed by atoms with Gasteiger partial charge in [0.25, 0.3) is 0 Å². The van der Waals surface area contributed by atoms with Crippen molar-refractivity contribution in [2.24, 2.45) is 0 Å². The van der Waals surface area contributed by atoms with Crippen LogP contribution in [0.2, 0.25) is 0 Å². The van der Waals surface area contributed by atoms with Gasteiger partial charge < -0.3 is 0 Å². The van der Waals surface area contributed by atoms with Crippen molar-refractivity contribution in [3.63, 3.8) is 0 Å². The second kappa shape index (κ2) is 7.61. The Balaban J connectivity index is 0.000000172. The van der Waals surface area contributed by atoms with Crippen molar-refractivity contribution in [3.05, 3.63) is 90.0 Å². The third-order valence-electron chi connectivity index (χ3n) is 3.66. The van der Waals surface area contributed by atoms with E-state index in [1.54, 1.807) is 0 Å². The van der Waals surface area contributed by atoms with Crippen molar-refractivity contribution >= 4 is 21.5 Å². The molecule has 4 rings (SSSR count). The maximum Gasteiger partial charge on any atom is 2.00 e. The summed E-state index contributed by atoms with van der Waals surface area (Å²) in [5.41, 5.74) is 2.56. The summed E-state index contributed by atoms with van der Waals surface area (Å²) in [7, 11) is 0. The summed E-state index contributed by atoms with van der Waals surface area (Å²) in [4.78, 5) is 0. The van der Waals surface area contributed by atoms with E-state index in [0.29, 0.717) is 0 Å². The number of rotatable bonds is 0. The van der Waals surface area contributed by atoms with Crippen LogP contribution in [0.15, 0.2) is 84.0 Å². The molecule has 0 saturated heterocycles. The first-order chi connectivity index (χ1) is 10.3. The Kier molecular flexibility index (Phi) is 5.80. The number of hydrogen-bond donors (Lipinski definition) is 0. The van der Waals surface area contributed by atoms with Gasteiger partial charge in [-0.15, -0.1) is 51.4 Å². The zero-order chi connectivity index (χ0) is 14.7. The van der Waals surface area contributed by atoms with Crippen molar-refractivity contribution in [1.82, 2.24) is 0 Å². The van der Waals surface area contributed by atoms with E-state index < -0.39 is 0 Å². The Hall–Kier alpha value is -1.59. The average Bonchev–Trinajstić information content (AvgIpc) is 3.15. The monoisotopic (exact) mass is 360 g/mol. The summed E-state index contributed by atoms with van der Waals surface area (Å²) in [5.74, 6) is 0. The van der Waals surface area contributed by atoms with Gasteiger partial charge in [-0.3, -0.25) is 0 Å². The van der Waals surface area contributed by atoms with Crippen LogP contribution in [0.1, 0.15) is 13.8 Å². The third kappa shape index (κ3) is 3.59. The minimum atomic E-state index is 0. The van der Waals surface area contributed by atoms with Crippen LogP contribution in [-0.4, -0.2) is 0 Å². The SMILES string of the molecule is CC(C)=C1[C-]=CC=C1.[Zr+2].c1ccc2c(c1)[cH-]c1ccccc12. The fraction of sp³-hybridized carbons (Fsp3) is 0.0952. The molecule has 0 heterocycles. The maximum atomic E-state index is 3.10. The molecule has 3 aromatic carbocycles. The molecule has 3 aromatic rings. The predicted molar refractivity (Wildman–Crippen MR) is 92.4 cm³/mol. The van der Waals surface area contributed by atoms with Crippen LogP contribution in [0.3, 0.4) is 0 Å². The van der Waals surface area contributed by atoms with Gasteiger partial charge in [0.1, 0.15) is 0 Å². The smallest absolute Gasteiger partial charge is 0.177 e. The molecule has 1 aliphatic carbocycles. The fourth-order valence-electron chi connectivity index (χ4n) is 2.55. The molecule has 0 amide bonds. The Labute approximate surface area is 151 Å². The molecule has 0 unspecified atom stereocenters. The number of fused-ring (bicyclic) bond motifs is 3. The molecule has 1 aliphatic rings. The number of benzene rings is 2. The van der Waals surface area contributed by atoms with Gasteiger partial charge in [0.2, 0.25) is 0 Å². The van der Waals surface area contributed by atoms with E-state index >= 15 is 0 Å². The first-order valence-corrected chi connectivity index (χ1v) is 7.23. The standard InChI is InChI=1S/C13H9.C8H9.Zr/c1-3-7-12-10(5-1)9-11-6-2-4-8-13(11)12;1-7(2)8-5-3-4-6-8;/h1-9H;3-5H,1-2H3;/q2*-1;+2. The van der Waals surface area contributed by atoms with E-state index in [1.807, 2.05) is 12.2 Å². The molecule has 0 atom stereocenters. The Morgan fingerprint density at radius 3 is 1.82 bits per heavy atom. The average molecular weight is 362 g/mol. The van der Waals surface area contributed by atoms with Crippen LogP contribution in [0.4, 0.5) is 0 Å². The first-order valence-electron chi connectivity index (χ1n) is 7.23. The summed E-state index contributed by atoms with van der Waals surface area (Å²) in [6.45, 7) is 4.18. The topological polar surface area (TPSA) is 0 Å². The summed E-state index contributed by atoms with van der Waals surface area (Å²) < 4.78 is 0. The largest absolute Gasteiger partial charge is 2.00 e. The first kappa shape index (κ1) is 16.8. The van der Waals surface area contributed by atoms with Gasteiger partial charge in [-0.2, -0.15) is 23.8 Å². The molecule has 0 saturated carbocycles. The number of hydrogen-bond acceptors (Lipinski definition) is 0. The Morgan fingerprint density at radius 1 is 0.864 bits per heavy atom. The van der Waals surface area contributed by atoms with Crippen LogP contribution in [-0.2, 0) is 26.2 Å². The van der Waals surface area contributed by atoms with E-state index in [-0.39, 0.29) is 26.2 Å². The quantitative estimate of drug-likeness (QED) is 0.433. The van der Waals surface area contributed by atoms with Crippen molar-refractivity contribution in [2.75, 3.05) is 0 Å². The van der Waals surface area contributed by atoms with E-state index in [4.69, 9.17) is 0 Å². The molecule has 0 aliphatic heterocycles. The minimum Gasteiger partial charge on any atom is -0.177 e. The molecule has 0 fully saturated rings. The van der Waals surface area contributed by atoms with Gasteiger partial charge in [-0.05, 0) is 0 Å². The molecule has 0 bridgehead atoms. The van der Waals surface area contributed by atoms with Crippen molar-refractivity contribution in [2.45, 2.75) is 13.8 Å². The summed E-state index contributed by atoms with van der Waals surface area (Å²) >= 11 is 0. The molecule has 0 N–H and O–H groups in total. The van der Waals surface area contributed by atoms with Crippen molar-refractivity contribution in [3.8, 4) is 0 Å². The molecular formula is C21H18Zr. The van der Waals surface area contributed by atoms with Gasteiger partial charge in [0.05, 0.1) is 0 Å². The van der Waals surface area contributed by atoms with Crippen LogP contribution in [0, 0.1) is 6.08 Å². The zero-order valence-electron chi connectivity index (χ0n) is 12.9. The normalized spacial score (nSPS) is 12.2. The fourth-order valence-corrected chi connectivity index (χ4v) is 2.55. The summed E-state index contributed by atoms with van der Waals surface area (Å²) in [5, 5.41) is 5.39. The van der Waals surface area contributed by atoms with Crippen LogP contribution in [0.25, 0.3) is 21.5 Å².